The zero-order chi connectivity index (χ0) is 16.9. The first-order chi connectivity index (χ1) is 11.6. The summed E-state index contributed by atoms with van der Waals surface area (Å²) in [6.07, 6.45) is 4.57. The van der Waals surface area contributed by atoms with Crippen LogP contribution in [-0.2, 0) is 11.3 Å². The number of carbonyl (C=O) groups excluding carboxylic acids is 1. The predicted octanol–water partition coefficient (Wildman–Crippen LogP) is 3.14. The van der Waals surface area contributed by atoms with Crippen LogP contribution in [0.3, 0.4) is 0 Å². The Labute approximate surface area is 137 Å². The van der Waals surface area contributed by atoms with Gasteiger partial charge < -0.3 is 9.30 Å². The molecular formula is C17H13N3O4. The second kappa shape index (κ2) is 6.74. The predicted molar refractivity (Wildman–Crippen MR) is 85.8 cm³/mol. The molecule has 0 atom stereocenters. The van der Waals surface area contributed by atoms with Crippen molar-refractivity contribution in [2.75, 3.05) is 0 Å². The van der Waals surface area contributed by atoms with E-state index in [0.717, 1.165) is 5.56 Å². The van der Waals surface area contributed by atoms with Crippen molar-refractivity contribution >= 4 is 11.7 Å². The average Bonchev–Trinajstić information content (AvgIpc) is 3.14. The highest BCUT2D eigenvalue weighted by Crippen LogP contribution is 2.24. The van der Waals surface area contributed by atoms with Crippen molar-refractivity contribution in [1.29, 1.82) is 0 Å². The Hall–Kier alpha value is -3.48. The molecule has 2 aromatic carbocycles. The van der Waals surface area contributed by atoms with Gasteiger partial charge in [-0.3, -0.25) is 10.1 Å². The number of ether oxygens (including phenoxy) is 1. The van der Waals surface area contributed by atoms with Gasteiger partial charge in [-0.25, -0.2) is 9.78 Å². The monoisotopic (exact) mass is 323 g/mol. The molecule has 0 saturated carbocycles. The van der Waals surface area contributed by atoms with Gasteiger partial charge in [-0.1, -0.05) is 30.3 Å². The largest absolute Gasteiger partial charge is 0.457 e. The number of hydrogen-bond acceptors (Lipinski definition) is 5. The summed E-state index contributed by atoms with van der Waals surface area (Å²) in [5.41, 5.74) is 1.11. The minimum atomic E-state index is -0.612. The fraction of sp³-hybridized carbons (Fsp3) is 0.0588. The van der Waals surface area contributed by atoms with Gasteiger partial charge >= 0.3 is 5.97 Å². The fourth-order valence-corrected chi connectivity index (χ4v) is 2.22. The first-order valence-electron chi connectivity index (χ1n) is 7.13. The summed E-state index contributed by atoms with van der Waals surface area (Å²) < 4.78 is 6.71. The molecule has 1 heterocycles. The summed E-state index contributed by atoms with van der Waals surface area (Å²) in [6, 6.07) is 13.4. The van der Waals surface area contributed by atoms with Gasteiger partial charge in [0.25, 0.3) is 5.69 Å². The maximum absolute atomic E-state index is 12.1. The van der Waals surface area contributed by atoms with Crippen molar-refractivity contribution in [1.82, 2.24) is 9.55 Å². The number of nitro benzene ring substituents is 1. The highest BCUT2D eigenvalue weighted by Gasteiger charge is 2.19. The van der Waals surface area contributed by atoms with E-state index in [9.17, 15) is 14.9 Å². The molecule has 120 valence electrons. The molecule has 0 spiro atoms. The van der Waals surface area contributed by atoms with E-state index in [1.165, 1.54) is 35.3 Å². The molecule has 7 heteroatoms. The Bertz CT molecular complexity index is 861. The van der Waals surface area contributed by atoms with Crippen LogP contribution in [0.5, 0.6) is 0 Å². The van der Waals surface area contributed by atoms with Gasteiger partial charge in [0, 0.05) is 18.5 Å². The van der Waals surface area contributed by atoms with E-state index in [0.29, 0.717) is 5.69 Å². The zero-order valence-electron chi connectivity index (χ0n) is 12.5. The number of aromatic nitrogens is 2. The molecule has 0 fully saturated rings. The summed E-state index contributed by atoms with van der Waals surface area (Å²) >= 11 is 0. The van der Waals surface area contributed by atoms with E-state index < -0.39 is 10.9 Å². The molecule has 0 N–H and O–H groups in total. The van der Waals surface area contributed by atoms with E-state index >= 15 is 0 Å². The van der Waals surface area contributed by atoms with Gasteiger partial charge in [0.05, 0.1) is 16.8 Å². The van der Waals surface area contributed by atoms with E-state index in [1.54, 1.807) is 6.20 Å². The van der Waals surface area contributed by atoms with Crippen molar-refractivity contribution in [3.8, 4) is 5.69 Å². The average molecular weight is 323 g/mol. The van der Waals surface area contributed by atoms with E-state index in [-0.39, 0.29) is 17.9 Å². The Balaban J connectivity index is 1.82. The van der Waals surface area contributed by atoms with Gasteiger partial charge in [0.15, 0.2) is 0 Å². The van der Waals surface area contributed by atoms with Gasteiger partial charge in [0.2, 0.25) is 0 Å². The molecule has 0 radical (unpaired) electrons. The van der Waals surface area contributed by atoms with Crippen LogP contribution in [-0.4, -0.2) is 20.4 Å². The topological polar surface area (TPSA) is 87.3 Å². The number of carbonyl (C=O) groups is 1. The number of nitrogens with zero attached hydrogens (tertiary/aromatic N) is 3. The maximum atomic E-state index is 12.1. The van der Waals surface area contributed by atoms with Crippen molar-refractivity contribution in [2.24, 2.45) is 0 Å². The Kier molecular flexibility index (Phi) is 4.33. The highest BCUT2D eigenvalue weighted by atomic mass is 16.6. The van der Waals surface area contributed by atoms with Gasteiger partial charge in [-0.05, 0) is 17.7 Å². The van der Waals surface area contributed by atoms with Gasteiger partial charge in [-0.15, -0.1) is 0 Å². The Morgan fingerprint density at radius 3 is 2.67 bits per heavy atom. The van der Waals surface area contributed by atoms with E-state index in [1.807, 2.05) is 30.3 Å². The molecule has 3 rings (SSSR count). The minimum Gasteiger partial charge on any atom is -0.457 e. The van der Waals surface area contributed by atoms with Gasteiger partial charge in [-0.2, -0.15) is 0 Å². The molecule has 0 aliphatic carbocycles. The molecule has 0 bridgehead atoms. The van der Waals surface area contributed by atoms with Crippen molar-refractivity contribution < 1.29 is 14.5 Å². The summed E-state index contributed by atoms with van der Waals surface area (Å²) in [6.45, 7) is 0.108. The van der Waals surface area contributed by atoms with E-state index in [4.69, 9.17) is 4.74 Å². The van der Waals surface area contributed by atoms with Crippen molar-refractivity contribution in [3.05, 3.63) is 88.5 Å². The third-order valence-corrected chi connectivity index (χ3v) is 3.40. The zero-order valence-corrected chi connectivity index (χ0v) is 12.5. The second-order valence-corrected chi connectivity index (χ2v) is 4.99. The van der Waals surface area contributed by atoms with E-state index in [2.05, 4.69) is 4.98 Å². The van der Waals surface area contributed by atoms with Crippen LogP contribution >= 0.6 is 0 Å². The number of rotatable bonds is 5. The molecule has 0 saturated heterocycles. The lowest BCUT2D eigenvalue weighted by molar-refractivity contribution is -0.384. The van der Waals surface area contributed by atoms with Crippen LogP contribution in [0, 0.1) is 10.1 Å². The highest BCUT2D eigenvalue weighted by molar-refractivity contribution is 5.90. The maximum Gasteiger partial charge on any atom is 0.338 e. The molecule has 0 aliphatic rings. The third-order valence-electron chi connectivity index (χ3n) is 3.40. The van der Waals surface area contributed by atoms with Crippen molar-refractivity contribution in [3.63, 3.8) is 0 Å². The minimum absolute atomic E-state index is 0.108. The lowest BCUT2D eigenvalue weighted by Gasteiger charge is -2.07. The van der Waals surface area contributed by atoms with Crippen LogP contribution in [0.4, 0.5) is 5.69 Å². The summed E-state index contributed by atoms with van der Waals surface area (Å²) in [7, 11) is 0. The molecule has 3 aromatic rings. The Morgan fingerprint density at radius 2 is 2.00 bits per heavy atom. The number of nitro groups is 1. The molecule has 1 aromatic heterocycles. The quantitative estimate of drug-likeness (QED) is 0.409. The second-order valence-electron chi connectivity index (χ2n) is 4.99. The number of imidazole rings is 1. The van der Waals surface area contributed by atoms with Crippen LogP contribution < -0.4 is 0 Å². The molecule has 0 unspecified atom stereocenters. The molecule has 0 amide bonds. The molecule has 7 nitrogen and oxygen atoms in total. The van der Waals surface area contributed by atoms with Crippen molar-refractivity contribution in [2.45, 2.75) is 6.61 Å². The van der Waals surface area contributed by atoms with Crippen LogP contribution in [0.15, 0.2) is 67.3 Å². The molecular weight excluding hydrogens is 310 g/mol. The normalized spacial score (nSPS) is 10.3. The summed E-state index contributed by atoms with van der Waals surface area (Å²) in [5, 5.41) is 11.3. The lowest BCUT2D eigenvalue weighted by Crippen LogP contribution is -2.07. The number of benzene rings is 2. The standard InChI is InChI=1S/C17H13N3O4/c21-17(24-11-13-4-2-1-3-5-13)14-6-7-15(16(10-14)20(22)23)19-9-8-18-12-19/h1-10,12H,11H2. The van der Waals surface area contributed by atoms with Crippen LogP contribution in [0.25, 0.3) is 5.69 Å². The molecule has 0 aliphatic heterocycles. The Morgan fingerprint density at radius 1 is 1.21 bits per heavy atom. The van der Waals surface area contributed by atoms with Gasteiger partial charge in [0.1, 0.15) is 12.3 Å². The first kappa shape index (κ1) is 15.4. The van der Waals surface area contributed by atoms with Crippen LogP contribution in [0.1, 0.15) is 15.9 Å². The lowest BCUT2D eigenvalue weighted by atomic mass is 10.1. The smallest absolute Gasteiger partial charge is 0.338 e. The SMILES string of the molecule is O=C(OCc1ccccc1)c1ccc(-n2ccnc2)c([N+](=O)[O-])c1. The van der Waals surface area contributed by atoms with Crippen LogP contribution in [0.2, 0.25) is 0 Å². The first-order valence-corrected chi connectivity index (χ1v) is 7.13. The fourth-order valence-electron chi connectivity index (χ4n) is 2.22. The summed E-state index contributed by atoms with van der Waals surface area (Å²) in [5.74, 6) is -0.612. The number of esters is 1. The summed E-state index contributed by atoms with van der Waals surface area (Å²) in [4.78, 5) is 26.7. The molecule has 24 heavy (non-hydrogen) atoms. The third kappa shape index (κ3) is 3.30. The number of hydrogen-bond donors (Lipinski definition) is 0.